The van der Waals surface area contributed by atoms with E-state index in [1.54, 1.807) is 6.92 Å². The molecule has 2 aromatic rings. The highest BCUT2D eigenvalue weighted by atomic mass is 19.1. The molecule has 0 aromatic carbocycles. The first kappa shape index (κ1) is 16.0. The summed E-state index contributed by atoms with van der Waals surface area (Å²) in [5, 5.41) is 29.4. The zero-order valence-corrected chi connectivity index (χ0v) is 12.6. The Labute approximate surface area is 130 Å². The van der Waals surface area contributed by atoms with Crippen molar-refractivity contribution in [1.82, 2.24) is 9.97 Å². The van der Waals surface area contributed by atoms with Crippen molar-refractivity contribution in [3.05, 3.63) is 39.1 Å². The fraction of sp³-hybridized carbons (Fsp3) is 0.467. The summed E-state index contributed by atoms with van der Waals surface area (Å²) in [6, 6.07) is 1.40. The lowest BCUT2D eigenvalue weighted by atomic mass is 10.0. The van der Waals surface area contributed by atoms with Crippen molar-refractivity contribution in [3.63, 3.8) is 0 Å². The minimum atomic E-state index is -1.37. The summed E-state index contributed by atoms with van der Waals surface area (Å²) in [6.07, 6.45) is -4.78. The lowest BCUT2D eigenvalue weighted by molar-refractivity contribution is -0.0231. The topological polar surface area (TPSA) is 116 Å². The van der Waals surface area contributed by atoms with E-state index >= 15 is 0 Å². The number of nitrogens with zero attached hydrogens (tertiary/aromatic N) is 1. The highest BCUT2D eigenvalue weighted by molar-refractivity contribution is 5.79. The molecule has 2 aromatic heterocycles. The molecule has 124 valence electrons. The second-order valence-electron chi connectivity index (χ2n) is 5.71. The molecule has 1 saturated heterocycles. The summed E-state index contributed by atoms with van der Waals surface area (Å²) in [4.78, 5) is 18.8. The first-order valence-electron chi connectivity index (χ1n) is 7.17. The number of H-pyrrole nitrogens is 1. The summed E-state index contributed by atoms with van der Waals surface area (Å²) < 4.78 is 19.4. The van der Waals surface area contributed by atoms with Crippen LogP contribution in [0, 0.1) is 19.7 Å². The first-order valence-corrected chi connectivity index (χ1v) is 7.17. The number of hydrogen-bond acceptors (Lipinski definition) is 6. The first-order chi connectivity index (χ1) is 10.8. The van der Waals surface area contributed by atoms with Gasteiger partial charge in [0, 0.05) is 10.9 Å². The van der Waals surface area contributed by atoms with Gasteiger partial charge in [0.05, 0.1) is 12.3 Å². The van der Waals surface area contributed by atoms with Crippen molar-refractivity contribution in [3.8, 4) is 0 Å². The zero-order valence-electron chi connectivity index (χ0n) is 12.6. The van der Waals surface area contributed by atoms with E-state index in [2.05, 4.69) is 9.97 Å². The zero-order chi connectivity index (χ0) is 16.9. The van der Waals surface area contributed by atoms with Crippen molar-refractivity contribution < 1.29 is 24.4 Å². The number of ether oxygens (including phenoxy) is 1. The van der Waals surface area contributed by atoms with Gasteiger partial charge in [-0.25, -0.2) is 9.37 Å². The predicted octanol–water partition coefficient (Wildman–Crippen LogP) is -0.167. The van der Waals surface area contributed by atoms with Crippen LogP contribution in [0.25, 0.3) is 11.0 Å². The molecule has 4 N–H and O–H groups in total. The van der Waals surface area contributed by atoms with Gasteiger partial charge in [-0.3, -0.25) is 4.79 Å². The van der Waals surface area contributed by atoms with Crippen LogP contribution in [0.3, 0.4) is 0 Å². The molecule has 7 nitrogen and oxygen atoms in total. The van der Waals surface area contributed by atoms with E-state index in [1.165, 1.54) is 13.0 Å². The van der Waals surface area contributed by atoms with Gasteiger partial charge in [-0.2, -0.15) is 0 Å². The fourth-order valence-electron chi connectivity index (χ4n) is 2.88. The smallest absolute Gasteiger partial charge is 0.255 e. The summed E-state index contributed by atoms with van der Waals surface area (Å²) in [5.74, 6) is -0.475. The van der Waals surface area contributed by atoms with Crippen LogP contribution in [0.1, 0.15) is 22.9 Å². The van der Waals surface area contributed by atoms with Crippen LogP contribution in [0.15, 0.2) is 10.9 Å². The van der Waals surface area contributed by atoms with E-state index in [-0.39, 0.29) is 16.9 Å². The number of fused-ring (bicyclic) bond motifs is 1. The van der Waals surface area contributed by atoms with Gasteiger partial charge in [0.2, 0.25) is 0 Å². The SMILES string of the molecule is Cc1nc2[nH]c(=O)c(C3OC(CO)C(O)C3O)cc2c(C)c1F. The maximum atomic E-state index is 14.0. The molecule has 0 amide bonds. The lowest BCUT2D eigenvalue weighted by Crippen LogP contribution is -2.33. The highest BCUT2D eigenvalue weighted by Crippen LogP contribution is 2.33. The molecule has 0 saturated carbocycles. The van der Waals surface area contributed by atoms with Crippen molar-refractivity contribution >= 4 is 11.0 Å². The van der Waals surface area contributed by atoms with Gasteiger partial charge >= 0.3 is 0 Å². The number of aryl methyl sites for hydroxylation is 2. The Morgan fingerprint density at radius 2 is 2.04 bits per heavy atom. The predicted molar refractivity (Wildman–Crippen MR) is 78.5 cm³/mol. The molecule has 8 heteroatoms. The number of rotatable bonds is 2. The lowest BCUT2D eigenvalue weighted by Gasteiger charge is -2.15. The van der Waals surface area contributed by atoms with Gasteiger partial charge in [-0.15, -0.1) is 0 Å². The summed E-state index contributed by atoms with van der Waals surface area (Å²) >= 11 is 0. The van der Waals surface area contributed by atoms with E-state index in [4.69, 9.17) is 9.84 Å². The van der Waals surface area contributed by atoms with Crippen LogP contribution >= 0.6 is 0 Å². The third-order valence-corrected chi connectivity index (χ3v) is 4.23. The number of aliphatic hydroxyl groups is 3. The van der Waals surface area contributed by atoms with Crippen LogP contribution in [0.5, 0.6) is 0 Å². The monoisotopic (exact) mass is 324 g/mol. The molecule has 0 aliphatic carbocycles. The fourth-order valence-corrected chi connectivity index (χ4v) is 2.88. The maximum Gasteiger partial charge on any atom is 0.255 e. The number of pyridine rings is 2. The molecule has 0 spiro atoms. The van der Waals surface area contributed by atoms with Gasteiger partial charge in [-0.1, -0.05) is 0 Å². The van der Waals surface area contributed by atoms with Crippen LogP contribution in [0.4, 0.5) is 4.39 Å². The number of aliphatic hydroxyl groups excluding tert-OH is 3. The number of aromatic nitrogens is 2. The molecule has 4 unspecified atom stereocenters. The molecule has 3 rings (SSSR count). The van der Waals surface area contributed by atoms with Crippen LogP contribution in [-0.2, 0) is 4.74 Å². The summed E-state index contributed by atoms with van der Waals surface area (Å²) in [7, 11) is 0. The molecule has 1 aliphatic heterocycles. The standard InChI is InChI=1S/C15H17FN2O5/c1-5-7-3-8(13-12(21)11(20)9(4-19)23-13)15(22)18-14(7)17-6(2)10(5)16/h3,9,11-13,19-21H,4H2,1-2H3,(H,17,18,22). The maximum absolute atomic E-state index is 14.0. The highest BCUT2D eigenvalue weighted by Gasteiger charge is 2.44. The van der Waals surface area contributed by atoms with Crippen molar-refractivity contribution in [2.45, 2.75) is 38.3 Å². The molecular formula is C15H17FN2O5. The number of aromatic amines is 1. The van der Waals surface area contributed by atoms with Gasteiger partial charge < -0.3 is 25.0 Å². The molecule has 0 radical (unpaired) electrons. The normalized spacial score (nSPS) is 27.7. The van der Waals surface area contributed by atoms with Crippen molar-refractivity contribution in [2.75, 3.05) is 6.61 Å². The third-order valence-electron chi connectivity index (χ3n) is 4.23. The Morgan fingerprint density at radius 3 is 2.65 bits per heavy atom. The van der Waals surface area contributed by atoms with Gasteiger partial charge in [0.1, 0.15) is 35.9 Å². The van der Waals surface area contributed by atoms with Gasteiger partial charge in [-0.05, 0) is 25.5 Å². The quantitative estimate of drug-likeness (QED) is 0.610. The van der Waals surface area contributed by atoms with E-state index < -0.39 is 42.4 Å². The van der Waals surface area contributed by atoms with E-state index in [9.17, 15) is 19.4 Å². The van der Waals surface area contributed by atoms with Gasteiger partial charge in [0.15, 0.2) is 0 Å². The molecule has 4 atom stereocenters. The van der Waals surface area contributed by atoms with E-state index in [1.807, 2.05) is 0 Å². The van der Waals surface area contributed by atoms with Crippen LogP contribution in [-0.4, -0.2) is 50.2 Å². The van der Waals surface area contributed by atoms with Crippen LogP contribution < -0.4 is 5.56 Å². The summed E-state index contributed by atoms with van der Waals surface area (Å²) in [5.41, 5.74) is 0.225. The summed E-state index contributed by atoms with van der Waals surface area (Å²) in [6.45, 7) is 2.57. The molecule has 1 fully saturated rings. The second-order valence-corrected chi connectivity index (χ2v) is 5.71. The van der Waals surface area contributed by atoms with E-state index in [0.29, 0.717) is 10.9 Å². The minimum Gasteiger partial charge on any atom is -0.394 e. The molecular weight excluding hydrogens is 307 g/mol. The number of hydrogen-bond donors (Lipinski definition) is 4. The Morgan fingerprint density at radius 1 is 1.35 bits per heavy atom. The Bertz CT molecular complexity index is 822. The molecule has 23 heavy (non-hydrogen) atoms. The average Bonchev–Trinajstić information content (AvgIpc) is 2.80. The van der Waals surface area contributed by atoms with Crippen molar-refractivity contribution in [2.24, 2.45) is 0 Å². The molecule has 1 aliphatic rings. The minimum absolute atomic E-state index is 0.0492. The number of nitrogens with one attached hydrogen (secondary N) is 1. The Hall–Kier alpha value is -1.87. The molecule has 0 bridgehead atoms. The van der Waals surface area contributed by atoms with E-state index in [0.717, 1.165) is 0 Å². The number of halogens is 1. The van der Waals surface area contributed by atoms with Crippen molar-refractivity contribution in [1.29, 1.82) is 0 Å². The Balaban J connectivity index is 2.16. The Kier molecular flexibility index (Phi) is 3.93. The van der Waals surface area contributed by atoms with Gasteiger partial charge in [0.25, 0.3) is 5.56 Å². The third kappa shape index (κ3) is 2.43. The molecule has 3 heterocycles. The van der Waals surface area contributed by atoms with Crippen LogP contribution in [0.2, 0.25) is 0 Å². The second kappa shape index (κ2) is 5.64. The largest absolute Gasteiger partial charge is 0.394 e. The average molecular weight is 324 g/mol.